The van der Waals surface area contributed by atoms with E-state index in [4.69, 9.17) is 9.47 Å². The van der Waals surface area contributed by atoms with Gasteiger partial charge in [-0.25, -0.2) is 0 Å². The zero-order chi connectivity index (χ0) is 36.0. The predicted octanol–water partition coefficient (Wildman–Crippen LogP) is 7.39. The number of allylic oxidation sites excluding steroid dienone is 1. The minimum absolute atomic E-state index is 0.166. The van der Waals surface area contributed by atoms with Crippen molar-refractivity contribution >= 4 is 5.91 Å². The van der Waals surface area contributed by atoms with E-state index in [1.165, 1.54) is 122 Å². The Kier molecular flexibility index (Phi) is 29.7. The van der Waals surface area contributed by atoms with Crippen molar-refractivity contribution in [1.29, 1.82) is 0 Å². The lowest BCUT2D eigenvalue weighted by Crippen LogP contribution is -2.60. The highest BCUT2D eigenvalue weighted by Gasteiger charge is 2.44. The second-order valence-electron chi connectivity index (χ2n) is 14.4. The van der Waals surface area contributed by atoms with Gasteiger partial charge in [-0.05, 0) is 25.7 Å². The maximum Gasteiger partial charge on any atom is 0.220 e. The number of amides is 1. The summed E-state index contributed by atoms with van der Waals surface area (Å²) in [6, 6.07) is -0.760. The van der Waals surface area contributed by atoms with Gasteiger partial charge in [0.25, 0.3) is 0 Å². The molecule has 290 valence electrons. The molecule has 0 aromatic heterocycles. The van der Waals surface area contributed by atoms with Crippen LogP contribution in [0.4, 0.5) is 0 Å². The fourth-order valence-corrected chi connectivity index (χ4v) is 6.50. The Labute approximate surface area is 299 Å². The van der Waals surface area contributed by atoms with Crippen molar-refractivity contribution in [3.63, 3.8) is 0 Å². The number of carbonyl (C=O) groups is 1. The first-order chi connectivity index (χ1) is 23.8. The summed E-state index contributed by atoms with van der Waals surface area (Å²) in [5.41, 5.74) is 0. The molecule has 9 heteroatoms. The van der Waals surface area contributed by atoms with E-state index in [2.05, 4.69) is 25.2 Å². The number of hydrogen-bond donors (Lipinski definition) is 6. The molecule has 9 nitrogen and oxygen atoms in total. The molecular formula is C40H77NO8. The molecule has 1 saturated heterocycles. The van der Waals surface area contributed by atoms with Gasteiger partial charge in [0, 0.05) is 6.42 Å². The smallest absolute Gasteiger partial charge is 0.220 e. The van der Waals surface area contributed by atoms with Crippen molar-refractivity contribution in [3.05, 3.63) is 12.2 Å². The van der Waals surface area contributed by atoms with Crippen LogP contribution in [0.1, 0.15) is 181 Å². The lowest BCUT2D eigenvalue weighted by Gasteiger charge is -2.40. The van der Waals surface area contributed by atoms with E-state index < -0.39 is 49.5 Å². The van der Waals surface area contributed by atoms with Gasteiger partial charge in [-0.1, -0.05) is 161 Å². The van der Waals surface area contributed by atoms with Crippen molar-refractivity contribution in [1.82, 2.24) is 5.32 Å². The highest BCUT2D eigenvalue weighted by atomic mass is 16.7. The third kappa shape index (κ3) is 23.2. The van der Waals surface area contributed by atoms with Crippen LogP contribution in [0.3, 0.4) is 0 Å². The molecule has 0 spiro atoms. The van der Waals surface area contributed by atoms with Crippen molar-refractivity contribution in [2.45, 2.75) is 224 Å². The van der Waals surface area contributed by atoms with Crippen LogP contribution in [0.25, 0.3) is 0 Å². The molecule has 0 bridgehead atoms. The van der Waals surface area contributed by atoms with Crippen LogP contribution in [-0.2, 0) is 14.3 Å². The SMILES string of the molecule is CCCCCCCCCCCCC=CC[C@@H](O)[C@H](CO[C@@H]1O[C@H](CO)[C@@H](O)C(O)C1O)NC(=O)CCCCCCCCCCCCCCC. The van der Waals surface area contributed by atoms with E-state index in [0.29, 0.717) is 12.8 Å². The third-order valence-corrected chi connectivity index (χ3v) is 9.88. The summed E-state index contributed by atoms with van der Waals surface area (Å²) < 4.78 is 11.2. The Morgan fingerprint density at radius 1 is 0.673 bits per heavy atom. The first-order valence-electron chi connectivity index (χ1n) is 20.4. The van der Waals surface area contributed by atoms with Crippen molar-refractivity contribution < 1.29 is 39.8 Å². The minimum atomic E-state index is -1.56. The van der Waals surface area contributed by atoms with Gasteiger partial charge in [-0.2, -0.15) is 0 Å². The van der Waals surface area contributed by atoms with Crippen molar-refractivity contribution in [3.8, 4) is 0 Å². The van der Waals surface area contributed by atoms with Gasteiger partial charge in [0.05, 0.1) is 25.4 Å². The van der Waals surface area contributed by atoms with Gasteiger partial charge in [-0.15, -0.1) is 0 Å². The van der Waals surface area contributed by atoms with Crippen LogP contribution in [-0.4, -0.2) is 87.5 Å². The largest absolute Gasteiger partial charge is 0.394 e. The molecule has 0 aromatic carbocycles. The lowest BCUT2D eigenvalue weighted by molar-refractivity contribution is -0.302. The molecule has 49 heavy (non-hydrogen) atoms. The van der Waals surface area contributed by atoms with Gasteiger partial charge in [-0.3, -0.25) is 4.79 Å². The molecule has 1 rings (SSSR count). The van der Waals surface area contributed by atoms with E-state index >= 15 is 0 Å². The summed E-state index contributed by atoms with van der Waals surface area (Å²) in [5.74, 6) is -0.168. The zero-order valence-corrected chi connectivity index (χ0v) is 31.5. The number of hydrogen-bond acceptors (Lipinski definition) is 8. The van der Waals surface area contributed by atoms with Crippen molar-refractivity contribution in [2.75, 3.05) is 13.2 Å². The molecule has 0 radical (unpaired) electrons. The number of nitrogens with one attached hydrogen (secondary N) is 1. The van der Waals surface area contributed by atoms with Crippen molar-refractivity contribution in [2.24, 2.45) is 0 Å². The van der Waals surface area contributed by atoms with E-state index in [1.54, 1.807) is 0 Å². The van der Waals surface area contributed by atoms with Crippen LogP contribution in [0.15, 0.2) is 12.2 Å². The summed E-state index contributed by atoms with van der Waals surface area (Å²) in [4.78, 5) is 12.9. The molecule has 7 atom stereocenters. The normalized spacial score (nSPS) is 22.5. The van der Waals surface area contributed by atoms with E-state index in [-0.39, 0.29) is 12.5 Å². The highest BCUT2D eigenvalue weighted by Crippen LogP contribution is 2.22. The average molecular weight is 700 g/mol. The molecule has 0 saturated carbocycles. The molecule has 1 heterocycles. The summed E-state index contributed by atoms with van der Waals surface area (Å²) in [6.07, 6.45) is 26.6. The molecule has 0 aliphatic carbocycles. The molecular weight excluding hydrogens is 622 g/mol. The second-order valence-corrected chi connectivity index (χ2v) is 14.4. The number of aliphatic hydroxyl groups excluding tert-OH is 5. The van der Waals surface area contributed by atoms with Gasteiger partial charge >= 0.3 is 0 Å². The first-order valence-corrected chi connectivity index (χ1v) is 20.4. The molecule has 1 aliphatic rings. The number of carbonyl (C=O) groups excluding carboxylic acids is 1. The summed E-state index contributed by atoms with van der Waals surface area (Å²) in [5, 5.41) is 54.0. The molecule has 1 amide bonds. The summed E-state index contributed by atoms with van der Waals surface area (Å²) in [6.45, 7) is 3.77. The van der Waals surface area contributed by atoms with Gasteiger partial charge in [0.15, 0.2) is 6.29 Å². The highest BCUT2D eigenvalue weighted by molar-refractivity contribution is 5.76. The molecule has 2 unspecified atom stereocenters. The summed E-state index contributed by atoms with van der Waals surface area (Å²) >= 11 is 0. The maximum absolute atomic E-state index is 12.9. The number of rotatable bonds is 33. The van der Waals surface area contributed by atoms with Crippen LogP contribution >= 0.6 is 0 Å². The average Bonchev–Trinajstić information content (AvgIpc) is 3.10. The van der Waals surface area contributed by atoms with Crippen LogP contribution in [0, 0.1) is 0 Å². The Morgan fingerprint density at radius 2 is 1.14 bits per heavy atom. The van der Waals surface area contributed by atoms with E-state index in [9.17, 15) is 30.3 Å². The Morgan fingerprint density at radius 3 is 1.63 bits per heavy atom. The first kappa shape index (κ1) is 46.0. The quantitative estimate of drug-likeness (QED) is 0.0307. The van der Waals surface area contributed by atoms with E-state index in [1.807, 2.05) is 6.08 Å². The molecule has 1 aliphatic heterocycles. The summed E-state index contributed by atoms with van der Waals surface area (Å²) in [7, 11) is 0. The van der Waals surface area contributed by atoms with Crippen LogP contribution < -0.4 is 5.32 Å². The Hall–Kier alpha value is -1.07. The molecule has 0 aromatic rings. The minimum Gasteiger partial charge on any atom is -0.394 e. The zero-order valence-electron chi connectivity index (χ0n) is 31.5. The fraction of sp³-hybridized carbons (Fsp3) is 0.925. The standard InChI is InChI=1S/C40H77NO8/c1-3-5-7-9-11-13-15-17-19-21-23-25-27-29-34(43)33(32-48-40-39(47)38(46)37(45)35(31-42)49-40)41-36(44)30-28-26-24-22-20-18-16-14-12-10-8-6-4-2/h25,27,33-35,37-40,42-43,45-47H,3-24,26,28-32H2,1-2H3,(H,41,44)/t33-,34+,35+,37+,38?,39?,40+/m0/s1. The third-order valence-electron chi connectivity index (χ3n) is 9.88. The second kappa shape index (κ2) is 31.6. The van der Waals surface area contributed by atoms with Crippen LogP contribution in [0.2, 0.25) is 0 Å². The van der Waals surface area contributed by atoms with Gasteiger partial charge in [0.2, 0.25) is 5.91 Å². The van der Waals surface area contributed by atoms with E-state index in [0.717, 1.165) is 32.1 Å². The maximum atomic E-state index is 12.9. The predicted molar refractivity (Wildman–Crippen MR) is 198 cm³/mol. The van der Waals surface area contributed by atoms with Gasteiger partial charge < -0.3 is 40.3 Å². The fourth-order valence-electron chi connectivity index (χ4n) is 6.50. The lowest BCUT2D eigenvalue weighted by atomic mass is 9.99. The number of unbranched alkanes of at least 4 members (excludes halogenated alkanes) is 22. The monoisotopic (exact) mass is 700 g/mol. The Bertz CT molecular complexity index is 781. The number of aliphatic hydroxyl groups is 5. The topological polar surface area (TPSA) is 149 Å². The molecule has 1 fully saturated rings. The van der Waals surface area contributed by atoms with Gasteiger partial charge in [0.1, 0.15) is 24.4 Å². The number of ether oxygens (including phenoxy) is 2. The Balaban J connectivity index is 2.43. The van der Waals surface area contributed by atoms with Crippen LogP contribution in [0.5, 0.6) is 0 Å². The molecule has 6 N–H and O–H groups in total.